The second-order valence-corrected chi connectivity index (χ2v) is 3.38. The van der Waals surface area contributed by atoms with E-state index in [2.05, 4.69) is 14.7 Å². The Morgan fingerprint density at radius 2 is 2.00 bits per heavy atom. The number of alkyl halides is 3. The standard InChI is InChI=1S/C10H9F3N2O3/c1-18-8(17)7(5-16)2-6-3-14-9(15-4-6)10(11,12)13/h3-5,7H,2H2,1H3. The monoisotopic (exact) mass is 262 g/mol. The fraction of sp³-hybridized carbons (Fsp3) is 0.400. The quantitative estimate of drug-likeness (QED) is 0.460. The van der Waals surface area contributed by atoms with Crippen molar-refractivity contribution >= 4 is 12.3 Å². The van der Waals surface area contributed by atoms with Crippen molar-refractivity contribution in [2.45, 2.75) is 12.6 Å². The molecular weight excluding hydrogens is 253 g/mol. The van der Waals surface area contributed by atoms with Crippen LogP contribution in [0.2, 0.25) is 0 Å². The lowest BCUT2D eigenvalue weighted by Gasteiger charge is -2.08. The number of methoxy groups -OCH3 is 1. The highest BCUT2D eigenvalue weighted by Gasteiger charge is 2.34. The molecule has 0 spiro atoms. The summed E-state index contributed by atoms with van der Waals surface area (Å²) in [5.41, 5.74) is 0.241. The van der Waals surface area contributed by atoms with Gasteiger partial charge in [-0.25, -0.2) is 9.97 Å². The molecule has 0 aromatic carbocycles. The van der Waals surface area contributed by atoms with E-state index in [1.165, 1.54) is 0 Å². The highest BCUT2D eigenvalue weighted by atomic mass is 19.4. The Morgan fingerprint density at radius 1 is 1.44 bits per heavy atom. The van der Waals surface area contributed by atoms with Crippen molar-refractivity contribution in [3.63, 3.8) is 0 Å². The summed E-state index contributed by atoms with van der Waals surface area (Å²) >= 11 is 0. The van der Waals surface area contributed by atoms with E-state index in [1.54, 1.807) is 0 Å². The molecule has 0 amide bonds. The van der Waals surface area contributed by atoms with Gasteiger partial charge in [-0.3, -0.25) is 4.79 Å². The fourth-order valence-corrected chi connectivity index (χ4v) is 1.20. The lowest BCUT2D eigenvalue weighted by Crippen LogP contribution is -2.20. The molecule has 1 aromatic heterocycles. The Labute approximate surface area is 100.0 Å². The first-order valence-electron chi connectivity index (χ1n) is 4.79. The summed E-state index contributed by atoms with van der Waals surface area (Å²) in [5.74, 6) is -3.10. The zero-order valence-electron chi connectivity index (χ0n) is 9.27. The maximum atomic E-state index is 12.2. The van der Waals surface area contributed by atoms with Gasteiger partial charge < -0.3 is 9.53 Å². The third kappa shape index (κ3) is 3.51. The Kier molecular flexibility index (Phi) is 4.35. The van der Waals surface area contributed by atoms with Crippen LogP contribution in [-0.2, 0) is 26.9 Å². The molecule has 1 aromatic rings. The van der Waals surface area contributed by atoms with Gasteiger partial charge in [-0.05, 0) is 12.0 Å². The SMILES string of the molecule is COC(=O)C(C=O)Cc1cnc(C(F)(F)F)nc1. The smallest absolute Gasteiger partial charge is 0.451 e. The van der Waals surface area contributed by atoms with Crippen LogP contribution in [0.25, 0.3) is 0 Å². The third-order valence-electron chi connectivity index (χ3n) is 2.08. The maximum Gasteiger partial charge on any atom is 0.451 e. The second kappa shape index (κ2) is 5.56. The molecule has 0 fully saturated rings. The summed E-state index contributed by atoms with van der Waals surface area (Å²) in [6.45, 7) is 0. The molecule has 18 heavy (non-hydrogen) atoms. The first-order chi connectivity index (χ1) is 8.38. The molecule has 1 heterocycles. The fourth-order valence-electron chi connectivity index (χ4n) is 1.20. The largest absolute Gasteiger partial charge is 0.468 e. The van der Waals surface area contributed by atoms with Crippen LogP contribution in [0, 0.1) is 5.92 Å². The van der Waals surface area contributed by atoms with E-state index in [0.29, 0.717) is 6.29 Å². The molecule has 1 atom stereocenters. The number of hydrogen-bond acceptors (Lipinski definition) is 5. The third-order valence-corrected chi connectivity index (χ3v) is 2.08. The van der Waals surface area contributed by atoms with Crippen LogP contribution >= 0.6 is 0 Å². The van der Waals surface area contributed by atoms with E-state index >= 15 is 0 Å². The molecule has 0 radical (unpaired) electrons. The number of ether oxygens (including phenoxy) is 1. The van der Waals surface area contributed by atoms with Gasteiger partial charge in [0.2, 0.25) is 5.82 Å². The van der Waals surface area contributed by atoms with Crippen LogP contribution in [0.3, 0.4) is 0 Å². The highest BCUT2D eigenvalue weighted by molar-refractivity contribution is 5.87. The molecule has 0 aliphatic heterocycles. The highest BCUT2D eigenvalue weighted by Crippen LogP contribution is 2.25. The Morgan fingerprint density at radius 3 is 2.39 bits per heavy atom. The number of nitrogens with zero attached hydrogens (tertiary/aromatic N) is 2. The van der Waals surface area contributed by atoms with Crippen molar-refractivity contribution < 1.29 is 27.5 Å². The van der Waals surface area contributed by atoms with Gasteiger partial charge in [0.1, 0.15) is 12.2 Å². The zero-order chi connectivity index (χ0) is 13.8. The number of aromatic nitrogens is 2. The summed E-state index contributed by atoms with van der Waals surface area (Å²) in [7, 11) is 1.11. The van der Waals surface area contributed by atoms with Crippen LogP contribution in [0.4, 0.5) is 13.2 Å². The number of carbonyl (C=O) groups excluding carboxylic acids is 2. The number of rotatable bonds is 4. The van der Waals surface area contributed by atoms with Crippen molar-refractivity contribution in [1.29, 1.82) is 0 Å². The molecule has 8 heteroatoms. The van der Waals surface area contributed by atoms with Crippen LogP contribution < -0.4 is 0 Å². The van der Waals surface area contributed by atoms with Crippen molar-refractivity contribution in [1.82, 2.24) is 9.97 Å². The summed E-state index contributed by atoms with van der Waals surface area (Å²) in [5, 5.41) is 0. The van der Waals surface area contributed by atoms with Crippen molar-refractivity contribution in [3.05, 3.63) is 23.8 Å². The van der Waals surface area contributed by atoms with Crippen LogP contribution in [0.1, 0.15) is 11.4 Å². The predicted octanol–water partition coefficient (Wildman–Crippen LogP) is 1.03. The van der Waals surface area contributed by atoms with E-state index < -0.39 is 23.9 Å². The minimum Gasteiger partial charge on any atom is -0.468 e. The van der Waals surface area contributed by atoms with Crippen LogP contribution in [0.5, 0.6) is 0 Å². The predicted molar refractivity (Wildman–Crippen MR) is 52.3 cm³/mol. The van der Waals surface area contributed by atoms with Gasteiger partial charge in [-0.1, -0.05) is 0 Å². The first-order valence-corrected chi connectivity index (χ1v) is 4.79. The average Bonchev–Trinajstić information content (AvgIpc) is 2.34. The number of hydrogen-bond donors (Lipinski definition) is 0. The molecule has 0 saturated carbocycles. The summed E-state index contributed by atoms with van der Waals surface area (Å²) in [4.78, 5) is 28.0. The number of halogens is 3. The number of aldehydes is 1. The number of esters is 1. The summed E-state index contributed by atoms with van der Waals surface area (Å²) in [6, 6.07) is 0. The summed E-state index contributed by atoms with van der Waals surface area (Å²) < 4.78 is 40.9. The second-order valence-electron chi connectivity index (χ2n) is 3.38. The van der Waals surface area contributed by atoms with Crippen LogP contribution in [-0.4, -0.2) is 29.3 Å². The van der Waals surface area contributed by atoms with Crippen molar-refractivity contribution in [2.75, 3.05) is 7.11 Å². The minimum absolute atomic E-state index is 0.103. The minimum atomic E-state index is -4.62. The van der Waals surface area contributed by atoms with E-state index in [4.69, 9.17) is 0 Å². The summed E-state index contributed by atoms with van der Waals surface area (Å²) in [6.07, 6.45) is -2.51. The molecule has 0 bridgehead atoms. The van der Waals surface area contributed by atoms with Gasteiger partial charge in [-0.15, -0.1) is 0 Å². The van der Waals surface area contributed by atoms with Crippen molar-refractivity contribution in [3.8, 4) is 0 Å². The van der Waals surface area contributed by atoms with E-state index in [1.807, 2.05) is 0 Å². The molecule has 1 unspecified atom stereocenters. The molecule has 0 aliphatic rings. The Hall–Kier alpha value is -1.99. The molecule has 98 valence electrons. The molecular formula is C10H9F3N2O3. The van der Waals surface area contributed by atoms with E-state index in [-0.39, 0.29) is 12.0 Å². The molecule has 5 nitrogen and oxygen atoms in total. The number of carbonyl (C=O) groups is 2. The molecule has 0 saturated heterocycles. The lowest BCUT2D eigenvalue weighted by atomic mass is 10.0. The van der Waals surface area contributed by atoms with Gasteiger partial charge >= 0.3 is 12.1 Å². The lowest BCUT2D eigenvalue weighted by molar-refractivity contribution is -0.147. The van der Waals surface area contributed by atoms with Gasteiger partial charge in [0.25, 0.3) is 0 Å². The average molecular weight is 262 g/mol. The normalized spacial score (nSPS) is 12.9. The zero-order valence-corrected chi connectivity index (χ0v) is 9.27. The van der Waals surface area contributed by atoms with Crippen LogP contribution in [0.15, 0.2) is 12.4 Å². The Balaban J connectivity index is 2.80. The van der Waals surface area contributed by atoms with Crippen molar-refractivity contribution in [2.24, 2.45) is 5.92 Å². The van der Waals surface area contributed by atoms with E-state index in [0.717, 1.165) is 19.5 Å². The van der Waals surface area contributed by atoms with Gasteiger partial charge in [0.15, 0.2) is 0 Å². The van der Waals surface area contributed by atoms with Gasteiger partial charge in [-0.2, -0.15) is 13.2 Å². The molecule has 0 aliphatic carbocycles. The maximum absolute atomic E-state index is 12.2. The van der Waals surface area contributed by atoms with E-state index in [9.17, 15) is 22.8 Å². The molecule has 1 rings (SSSR count). The van der Waals surface area contributed by atoms with Gasteiger partial charge in [0, 0.05) is 12.4 Å². The molecule has 0 N–H and O–H groups in total. The Bertz CT molecular complexity index is 431. The topological polar surface area (TPSA) is 69.2 Å². The van der Waals surface area contributed by atoms with Gasteiger partial charge in [0.05, 0.1) is 7.11 Å². The first kappa shape index (κ1) is 14.1.